The fourth-order valence-electron chi connectivity index (χ4n) is 18.1. The summed E-state index contributed by atoms with van der Waals surface area (Å²) >= 11 is 4.29. The number of thioether (sulfide) groups is 4. The maximum absolute atomic E-state index is 15.5. The van der Waals surface area contributed by atoms with Crippen LogP contribution in [0.25, 0.3) is 32.7 Å². The molecule has 9 heterocycles. The van der Waals surface area contributed by atoms with Crippen LogP contribution in [0.15, 0.2) is 116 Å². The SMILES string of the molecule is CC[C@H](C)[C@@H]1NC(=O)[C@@H]2CCN2C(=O)[C@H](Cc2c[nH]c3ccccc23)NC(=O)[C@H](CO)NC(=O)[C@H](Cc2c[nH]c3ccccc23)NC(=O)[C@H](CC(N)=O)NC(=O)[C@H](CCCCN)NC(=O)[C@H](CCSC)NC(=O)[C@@H]2CSCCC(=O)N3CN(CN(C3)C(=O)CCSC[C@@H](NC(C)=O)C(=O)N3CCC[C@H]3C(=O)N[C@@H](Cc3ccccn3)C(=O)NCC(=O)N2)C(=O)CCSC[C@@H](C(=O)O)NC(=O)[C@H](Cc2c[nH]c3ccccc23)NC1=O. The predicted molar refractivity (Wildman–Crippen MR) is 556 cm³/mol. The molecule has 46 nitrogen and oxygen atoms in total. The number of carboxylic acid groups (broad SMARTS) is 1. The van der Waals surface area contributed by atoms with Gasteiger partial charge in [0, 0.05) is 163 Å². The zero-order valence-corrected chi connectivity index (χ0v) is 86.3. The molecule has 7 aromatic rings. The molecule has 5 fully saturated rings. The van der Waals surface area contributed by atoms with Crippen molar-refractivity contribution in [1.82, 2.24) is 114 Å². The number of aliphatic hydroxyl groups excluding tert-OH is 1. The summed E-state index contributed by atoms with van der Waals surface area (Å²) in [6.45, 7) is 1.60. The molecule has 0 unspecified atom stereocenters. The molecule has 5 saturated heterocycles. The number of para-hydroxylation sites is 3. The minimum Gasteiger partial charge on any atom is -0.480 e. The molecule has 19 amide bonds. The first-order valence-electron chi connectivity index (χ1n) is 49.5. The first-order valence-corrected chi connectivity index (χ1v) is 54.4. The van der Waals surface area contributed by atoms with Gasteiger partial charge in [-0.3, -0.25) is 96.1 Å². The molecule has 802 valence electrons. The number of pyridine rings is 1. The second-order valence-electron chi connectivity index (χ2n) is 37.2. The lowest BCUT2D eigenvalue weighted by Gasteiger charge is -2.42. The standard InChI is InChI=1S/C99H130N24O22S4/c1-5-55(2)85-96(141)114-70(40-58-45-104-65-22-10-7-19-62(58)65)90(135)117-77(99(144)145)51-149-38-30-84(130)121-53-119-52-120(54-121)83(129)29-37-148-50-76(107-56(3)125)98(143)122-33-16-25-78(122)94(139)113-71(42-60-17-13-15-32-102-60)86(131)106-47-81(127)108-75(49-147-36-28-82(119)128)93(138)110-68(27-35-146-4)88(133)109-67(24-12-14-31-100)87(132)112-72(43-80(101)126)91(136)111-69(39-57-44-103-64-21-9-6-18-61(57)64)89(134)116-74(48-124)92(137)115-73(97(142)123-34-26-79(123)95(140)118-85)41-59-46-105-66-23-11-8-20-63(59)66/h6-11,13,15,17-23,32,44-46,55,67-79,85,103-105,124H,5,12,14,16,24-31,33-43,47-54,100H2,1-4H3,(H2,101,126)(H,106,131)(H,107,125)(H,108,127)(H,109,133)(H,110,138)(H,111,136)(H,112,132)(H,113,139)(H,114,141)(H,115,137)(H,116,134)(H,117,135)(H,118,140)(H,144,145)/t55-,67-,68-,69-,70-,71-,72-,73-,74-,75-,76+,77-,78-,79-,85-/m0/s1. The lowest BCUT2D eigenvalue weighted by molar-refractivity contribution is -0.158. The number of H-pyrrole nitrogens is 3. The van der Waals surface area contributed by atoms with E-state index >= 15 is 47.9 Å². The van der Waals surface area contributed by atoms with Gasteiger partial charge in [-0.15, -0.1) is 0 Å². The van der Waals surface area contributed by atoms with Crippen molar-refractivity contribution in [2.45, 2.75) is 208 Å². The highest BCUT2D eigenvalue weighted by atomic mass is 32.2. The molecule has 3 aromatic carbocycles. The molecule has 4 bridgehead atoms. The lowest BCUT2D eigenvalue weighted by Crippen LogP contribution is -2.66. The van der Waals surface area contributed by atoms with Gasteiger partial charge in [-0.1, -0.05) is 80.9 Å². The summed E-state index contributed by atoms with van der Waals surface area (Å²) in [5.41, 5.74) is 15.4. The Morgan fingerprint density at radius 3 is 1.49 bits per heavy atom. The van der Waals surface area contributed by atoms with E-state index < -0.39 is 228 Å². The number of benzene rings is 3. The molecule has 22 N–H and O–H groups in total. The van der Waals surface area contributed by atoms with Gasteiger partial charge in [-0.2, -0.15) is 47.0 Å². The molecule has 15 atom stereocenters. The molecule has 149 heavy (non-hydrogen) atoms. The van der Waals surface area contributed by atoms with Crippen LogP contribution in [0.5, 0.6) is 0 Å². The fraction of sp³-hybridized carbons (Fsp3) is 0.505. The first-order chi connectivity index (χ1) is 71.6. The van der Waals surface area contributed by atoms with E-state index in [1.807, 2.05) is 0 Å². The molecule has 5 aliphatic rings. The van der Waals surface area contributed by atoms with Crippen LogP contribution in [-0.4, -0.2) is 357 Å². The monoisotopic (exact) mass is 2130 g/mol. The third-order valence-corrected chi connectivity index (χ3v) is 30.4. The van der Waals surface area contributed by atoms with Gasteiger partial charge in [0.05, 0.1) is 39.6 Å². The number of aromatic nitrogens is 4. The van der Waals surface area contributed by atoms with E-state index in [-0.39, 0.29) is 170 Å². The van der Waals surface area contributed by atoms with Crippen molar-refractivity contribution in [2.75, 3.05) is 99.3 Å². The normalized spacial score (nSPS) is 24.9. The number of primary amides is 1. The summed E-state index contributed by atoms with van der Waals surface area (Å²) in [6, 6.07) is 4.01. The molecule has 0 spiro atoms. The van der Waals surface area contributed by atoms with Crippen LogP contribution in [-0.2, 0) is 122 Å². The van der Waals surface area contributed by atoms with Gasteiger partial charge in [-0.25, -0.2) is 4.79 Å². The van der Waals surface area contributed by atoms with Crippen molar-refractivity contribution in [3.63, 3.8) is 0 Å². The number of nitrogens with one attached hydrogen (secondary N) is 16. The van der Waals surface area contributed by atoms with Crippen molar-refractivity contribution in [3.8, 4) is 0 Å². The summed E-state index contributed by atoms with van der Waals surface area (Å²) in [5, 5.41) is 58.3. The summed E-state index contributed by atoms with van der Waals surface area (Å²) < 4.78 is 0. The number of carbonyl (C=O) groups is 20. The van der Waals surface area contributed by atoms with E-state index in [2.05, 4.69) is 89.1 Å². The highest BCUT2D eigenvalue weighted by molar-refractivity contribution is 7.99. The van der Waals surface area contributed by atoms with E-state index in [0.717, 1.165) is 35.3 Å². The number of aliphatic carboxylic acids is 1. The number of hydrogen-bond donors (Lipinski definition) is 20. The smallest absolute Gasteiger partial charge is 0.327 e. The van der Waals surface area contributed by atoms with Crippen LogP contribution in [0.1, 0.15) is 120 Å². The van der Waals surface area contributed by atoms with Gasteiger partial charge in [0.1, 0.15) is 84.6 Å². The largest absolute Gasteiger partial charge is 0.480 e. The maximum Gasteiger partial charge on any atom is 0.327 e. The molecular formula is C99H130N24O22S4. The van der Waals surface area contributed by atoms with E-state index in [1.54, 1.807) is 130 Å². The molecule has 5 aliphatic heterocycles. The zero-order valence-electron chi connectivity index (χ0n) is 83.1. The minimum absolute atomic E-state index is 0.0239. The zero-order chi connectivity index (χ0) is 107. The third-order valence-electron chi connectivity index (χ3n) is 26.5. The van der Waals surface area contributed by atoms with Crippen LogP contribution in [0.2, 0.25) is 0 Å². The van der Waals surface area contributed by atoms with E-state index in [0.29, 0.717) is 61.5 Å². The molecule has 4 aromatic heterocycles. The number of nitrogens with zero attached hydrogens (tertiary/aromatic N) is 6. The van der Waals surface area contributed by atoms with E-state index in [9.17, 15) is 58.2 Å². The highest BCUT2D eigenvalue weighted by Crippen LogP contribution is 2.29. The molecule has 0 radical (unpaired) electrons. The van der Waals surface area contributed by atoms with Crippen LogP contribution in [0.4, 0.5) is 0 Å². The highest BCUT2D eigenvalue weighted by Gasteiger charge is 2.46. The van der Waals surface area contributed by atoms with Crippen LogP contribution < -0.4 is 80.6 Å². The Morgan fingerprint density at radius 2 is 0.960 bits per heavy atom. The van der Waals surface area contributed by atoms with Gasteiger partial charge >= 0.3 is 5.97 Å². The van der Waals surface area contributed by atoms with Gasteiger partial charge in [-0.05, 0) is 116 Å². The first kappa shape index (κ1) is 114. The number of amides is 19. The Morgan fingerprint density at radius 1 is 0.497 bits per heavy atom. The van der Waals surface area contributed by atoms with Gasteiger partial charge in [0.15, 0.2) is 0 Å². The van der Waals surface area contributed by atoms with Crippen LogP contribution >= 0.6 is 47.0 Å². The molecule has 0 aliphatic carbocycles. The maximum atomic E-state index is 15.5. The number of aromatic amines is 3. The van der Waals surface area contributed by atoms with Crippen LogP contribution in [0.3, 0.4) is 0 Å². The summed E-state index contributed by atoms with van der Waals surface area (Å²) in [6.07, 6.45) is 5.78. The average molecular weight is 2140 g/mol. The predicted octanol–water partition coefficient (Wildman–Crippen LogP) is -2.01. The second-order valence-corrected chi connectivity index (χ2v) is 41.6. The van der Waals surface area contributed by atoms with Crippen molar-refractivity contribution in [2.24, 2.45) is 17.4 Å². The number of carboxylic acids is 1. The van der Waals surface area contributed by atoms with E-state index in [1.165, 1.54) is 49.4 Å². The Labute approximate surface area is 875 Å². The van der Waals surface area contributed by atoms with E-state index in [4.69, 9.17) is 11.5 Å². The Kier molecular flexibility index (Phi) is 42.4. The molecule has 50 heteroatoms. The fourth-order valence-corrected chi connectivity index (χ4v) is 21.4. The van der Waals surface area contributed by atoms with Crippen molar-refractivity contribution in [1.29, 1.82) is 0 Å². The number of hydrogen-bond acceptors (Lipinski definition) is 27. The van der Waals surface area contributed by atoms with Gasteiger partial charge < -0.3 is 130 Å². The molecule has 12 rings (SSSR count). The quantitative estimate of drug-likeness (QED) is 0.0326. The molecular weight excluding hydrogens is 2010 g/mol. The van der Waals surface area contributed by atoms with Crippen molar-refractivity contribution < 1.29 is 106 Å². The Bertz CT molecular complexity index is 6010. The van der Waals surface area contributed by atoms with Gasteiger partial charge in [0.2, 0.25) is 112 Å². The summed E-state index contributed by atoms with van der Waals surface area (Å²) in [5.74, 6) is -19.9. The number of carbonyl (C=O) groups excluding carboxylic acids is 19. The van der Waals surface area contributed by atoms with Crippen LogP contribution in [0, 0.1) is 5.92 Å². The number of nitrogens with two attached hydrogens (primary N) is 2. The van der Waals surface area contributed by atoms with Gasteiger partial charge in [0.25, 0.3) is 0 Å². The number of aliphatic hydroxyl groups is 1. The number of rotatable bonds is 22. The Balaban J connectivity index is 0.883. The molecule has 0 saturated carbocycles. The van der Waals surface area contributed by atoms with Crippen molar-refractivity contribution >= 4 is 198 Å². The van der Waals surface area contributed by atoms with Crippen molar-refractivity contribution in [3.05, 3.63) is 138 Å². The number of fused-ring (bicyclic) bond motifs is 12. The summed E-state index contributed by atoms with van der Waals surface area (Å²) in [4.78, 5) is 313. The second kappa shape index (κ2) is 55.4. The topological polar surface area (TPSA) is 667 Å². The average Bonchev–Trinajstić information content (AvgIpc) is 1.59. The third kappa shape index (κ3) is 31.6. The Hall–Kier alpha value is -13.9. The number of unbranched alkanes of at least 4 members (excludes halogenated alkanes) is 1. The minimum atomic E-state index is -1.95. The summed E-state index contributed by atoms with van der Waals surface area (Å²) in [7, 11) is 0. The lowest BCUT2D eigenvalue weighted by atomic mass is 9.94.